The maximum Gasteiger partial charge on any atom is 0.137 e. The Labute approximate surface area is 279 Å². The second-order valence-corrected chi connectivity index (χ2v) is 14.3. The monoisotopic (exact) mass is 613 g/mol. The smallest absolute Gasteiger partial charge is 0.137 e. The van der Waals surface area contributed by atoms with Crippen molar-refractivity contribution in [2.75, 3.05) is 28.3 Å². The van der Waals surface area contributed by atoms with Gasteiger partial charge in [0.25, 0.3) is 0 Å². The lowest BCUT2D eigenvalue weighted by Crippen LogP contribution is -2.24. The van der Waals surface area contributed by atoms with Crippen LogP contribution in [-0.4, -0.2) is 18.6 Å². The third-order valence-corrected chi connectivity index (χ3v) is 8.69. The van der Waals surface area contributed by atoms with Crippen LogP contribution in [0.5, 0.6) is 11.5 Å². The molecule has 0 radical (unpaired) electrons. The van der Waals surface area contributed by atoms with Gasteiger partial charge in [-0.25, -0.2) is 4.98 Å². The molecule has 0 bridgehead atoms. The van der Waals surface area contributed by atoms with Crippen molar-refractivity contribution in [3.8, 4) is 11.5 Å². The first-order valence-electron chi connectivity index (χ1n) is 17.4. The van der Waals surface area contributed by atoms with Gasteiger partial charge in [0.2, 0.25) is 0 Å². The summed E-state index contributed by atoms with van der Waals surface area (Å²) in [4.78, 5) is 10.5. The summed E-state index contributed by atoms with van der Waals surface area (Å²) in [7, 11) is 0. The molecule has 6 rings (SSSR count). The average Bonchev–Trinajstić information content (AvgIpc) is 3.40. The van der Waals surface area contributed by atoms with Crippen LogP contribution in [0.4, 0.5) is 34.3 Å². The van der Waals surface area contributed by atoms with Crippen LogP contribution in [-0.2, 0) is 10.8 Å². The van der Waals surface area contributed by atoms with E-state index in [1.54, 1.807) is 0 Å². The lowest BCUT2D eigenvalue weighted by Gasteiger charge is -2.27. The fourth-order valence-corrected chi connectivity index (χ4v) is 5.78. The molecule has 1 aliphatic rings. The maximum absolute atomic E-state index is 8.29. The van der Waals surface area contributed by atoms with Gasteiger partial charge < -0.3 is 14.5 Å². The van der Waals surface area contributed by atoms with E-state index in [1.807, 2.05) is 61.7 Å². The zero-order chi connectivity index (χ0) is 35.3. The molecule has 0 fully saturated rings. The second-order valence-electron chi connectivity index (χ2n) is 14.3. The summed E-state index contributed by atoms with van der Waals surface area (Å²) in [6.45, 7) is 15.2. The van der Waals surface area contributed by atoms with Crippen molar-refractivity contribution in [2.45, 2.75) is 66.2 Å². The molecular formula is C41H46N4O. The van der Waals surface area contributed by atoms with Crippen molar-refractivity contribution in [1.82, 2.24) is 4.98 Å². The van der Waals surface area contributed by atoms with Crippen molar-refractivity contribution in [3.63, 3.8) is 0 Å². The van der Waals surface area contributed by atoms with Crippen molar-refractivity contribution in [1.29, 1.82) is 0 Å². The van der Waals surface area contributed by atoms with E-state index >= 15 is 0 Å². The molecule has 1 aromatic heterocycles. The number of aromatic nitrogens is 1. The molecule has 236 valence electrons. The number of anilines is 6. The van der Waals surface area contributed by atoms with E-state index in [4.69, 9.17) is 13.8 Å². The summed E-state index contributed by atoms with van der Waals surface area (Å²) in [5.74, 6) is 2.18. The quantitative estimate of drug-likeness (QED) is 0.190. The van der Waals surface area contributed by atoms with E-state index in [9.17, 15) is 0 Å². The third-order valence-electron chi connectivity index (χ3n) is 8.69. The van der Waals surface area contributed by atoms with Gasteiger partial charge in [-0.3, -0.25) is 4.90 Å². The largest absolute Gasteiger partial charge is 0.457 e. The van der Waals surface area contributed by atoms with Gasteiger partial charge in [-0.2, -0.15) is 0 Å². The van der Waals surface area contributed by atoms with Crippen LogP contribution in [0, 0.1) is 13.8 Å². The summed E-state index contributed by atoms with van der Waals surface area (Å²) in [6, 6.07) is 32.8. The molecule has 0 amide bonds. The summed E-state index contributed by atoms with van der Waals surface area (Å²) in [5, 5.41) is 0. The summed E-state index contributed by atoms with van der Waals surface area (Å²) >= 11 is 0. The Morgan fingerprint density at radius 2 is 1.39 bits per heavy atom. The van der Waals surface area contributed by atoms with Gasteiger partial charge in [-0.15, -0.1) is 0 Å². The average molecular weight is 614 g/mol. The normalized spacial score (nSPS) is 14.4. The van der Waals surface area contributed by atoms with E-state index in [-0.39, 0.29) is 17.5 Å². The molecule has 0 atom stereocenters. The number of rotatable bonds is 6. The van der Waals surface area contributed by atoms with E-state index < -0.39 is 6.98 Å². The Balaban J connectivity index is 1.42. The number of aryl methyl sites for hydroxylation is 2. The van der Waals surface area contributed by atoms with Gasteiger partial charge >= 0.3 is 0 Å². The fourth-order valence-electron chi connectivity index (χ4n) is 5.78. The molecule has 0 aliphatic carbocycles. The molecule has 46 heavy (non-hydrogen) atoms. The van der Waals surface area contributed by atoms with Crippen LogP contribution >= 0.6 is 0 Å². The minimum atomic E-state index is -2.28. The standard InChI is InChI=1S/C41H46N4O/c1-28-20-37-38(21-29(28)2)44(27-43(37)9)34-22-31(41(6,7)8)23-36(26-34)46-35-17-13-16-33(25-35)45(32-14-11-10-12-15-32)39-24-30(18-19-42-39)40(3,4)5/h10-26H,27H2,1-9H3/i9D3. The Morgan fingerprint density at radius 3 is 2.09 bits per heavy atom. The molecule has 0 unspecified atom stereocenters. The highest BCUT2D eigenvalue weighted by Crippen LogP contribution is 2.44. The van der Waals surface area contributed by atoms with Crippen LogP contribution in [0.2, 0.25) is 0 Å². The summed E-state index contributed by atoms with van der Waals surface area (Å²) in [6.07, 6.45) is 1.87. The number of nitrogens with zero attached hydrogens (tertiary/aromatic N) is 4. The maximum atomic E-state index is 8.29. The lowest BCUT2D eigenvalue weighted by molar-refractivity contribution is 0.479. The molecule has 0 saturated carbocycles. The minimum Gasteiger partial charge on any atom is -0.457 e. The highest BCUT2D eigenvalue weighted by Gasteiger charge is 2.27. The molecule has 4 aromatic carbocycles. The molecule has 2 heterocycles. The lowest BCUT2D eigenvalue weighted by atomic mass is 9.86. The second kappa shape index (κ2) is 11.9. The van der Waals surface area contributed by atoms with Gasteiger partial charge in [-0.05, 0) is 108 Å². The molecule has 1 aliphatic heterocycles. The molecular weight excluding hydrogens is 564 g/mol. The number of fused-ring (bicyclic) bond motifs is 1. The Morgan fingerprint density at radius 1 is 0.696 bits per heavy atom. The van der Waals surface area contributed by atoms with Gasteiger partial charge in [0.1, 0.15) is 17.3 Å². The molecule has 5 heteroatoms. The van der Waals surface area contributed by atoms with Gasteiger partial charge in [0.15, 0.2) is 0 Å². The first-order chi connectivity index (χ1) is 23.0. The van der Waals surface area contributed by atoms with Gasteiger partial charge in [0.05, 0.1) is 23.7 Å². The summed E-state index contributed by atoms with van der Waals surface area (Å²) < 4.78 is 31.5. The third kappa shape index (κ3) is 6.32. The predicted octanol–water partition coefficient (Wildman–Crippen LogP) is 11.1. The molecule has 5 aromatic rings. The van der Waals surface area contributed by atoms with E-state index in [1.165, 1.54) is 10.5 Å². The number of benzene rings is 4. The van der Waals surface area contributed by atoms with Crippen LogP contribution < -0.4 is 19.4 Å². The number of hydrogen-bond acceptors (Lipinski definition) is 5. The van der Waals surface area contributed by atoms with Crippen LogP contribution in [0.1, 0.15) is 67.9 Å². The van der Waals surface area contributed by atoms with Gasteiger partial charge in [0, 0.05) is 40.8 Å². The Hall–Kier alpha value is -4.77. The first kappa shape index (κ1) is 27.5. The SMILES string of the molecule is [2H]C([2H])([2H])N1CN(c2cc(Oc3cccc(N(c4ccccc4)c4cc(C(C)(C)C)ccn4)c3)cc(C(C)(C)C)c2)c2cc(C)c(C)cc21. The molecule has 0 spiro atoms. The van der Waals surface area contributed by atoms with Crippen molar-refractivity contribution in [3.05, 3.63) is 126 Å². The van der Waals surface area contributed by atoms with Crippen molar-refractivity contribution >= 4 is 34.3 Å². The Bertz CT molecular complexity index is 1980. The highest BCUT2D eigenvalue weighted by atomic mass is 16.5. The zero-order valence-corrected chi connectivity index (χ0v) is 28.2. The van der Waals surface area contributed by atoms with E-state index in [2.05, 4.69) is 107 Å². The summed E-state index contributed by atoms with van der Waals surface area (Å²) in [5.41, 5.74) is 8.62. The molecule has 0 N–H and O–H groups in total. The number of hydrogen-bond donors (Lipinski definition) is 0. The zero-order valence-electron chi connectivity index (χ0n) is 31.2. The molecule has 0 saturated heterocycles. The van der Waals surface area contributed by atoms with E-state index in [0.717, 1.165) is 45.3 Å². The minimum absolute atomic E-state index is 0.0330. The van der Waals surface area contributed by atoms with Crippen LogP contribution in [0.3, 0.4) is 0 Å². The van der Waals surface area contributed by atoms with E-state index in [0.29, 0.717) is 17.2 Å². The van der Waals surface area contributed by atoms with Crippen LogP contribution in [0.25, 0.3) is 0 Å². The Kier molecular flexibility index (Phi) is 7.10. The van der Waals surface area contributed by atoms with Crippen LogP contribution in [0.15, 0.2) is 103 Å². The predicted molar refractivity (Wildman–Crippen MR) is 194 cm³/mol. The van der Waals surface area contributed by atoms with Crippen molar-refractivity contribution in [2.24, 2.45) is 0 Å². The number of ether oxygens (including phenoxy) is 1. The topological polar surface area (TPSA) is 31.8 Å². The molecule has 5 nitrogen and oxygen atoms in total. The number of para-hydroxylation sites is 1. The number of pyridine rings is 1. The first-order valence-corrected chi connectivity index (χ1v) is 15.9. The van der Waals surface area contributed by atoms with Crippen molar-refractivity contribution < 1.29 is 8.85 Å². The highest BCUT2D eigenvalue weighted by molar-refractivity contribution is 5.84. The fraction of sp³-hybridized carbons (Fsp3) is 0.293. The van der Waals surface area contributed by atoms with Gasteiger partial charge in [-0.1, -0.05) is 65.8 Å².